The number of nitrogens with zero attached hydrogens (tertiary/aromatic N) is 2. The molecule has 2 N–H and O–H groups in total. The van der Waals surface area contributed by atoms with Gasteiger partial charge < -0.3 is 10.6 Å². The van der Waals surface area contributed by atoms with Crippen molar-refractivity contribution in [3.8, 4) is 0 Å². The predicted molar refractivity (Wildman–Crippen MR) is 90.0 cm³/mol. The largest absolute Gasteiger partial charge is 0.352 e. The van der Waals surface area contributed by atoms with Crippen molar-refractivity contribution in [2.45, 2.75) is 26.9 Å². The van der Waals surface area contributed by atoms with E-state index in [2.05, 4.69) is 20.6 Å². The molecule has 0 saturated carbocycles. The molecule has 0 fully saturated rings. The van der Waals surface area contributed by atoms with E-state index < -0.39 is 5.82 Å². The zero-order valence-electron chi connectivity index (χ0n) is 12.7. The maximum atomic E-state index is 13.1. The first-order valence-corrected chi connectivity index (χ1v) is 8.00. The highest BCUT2D eigenvalue weighted by atomic mass is 35.5. The number of nitrogens with one attached hydrogen (secondary N) is 2. The number of benzene rings is 1. The first kappa shape index (κ1) is 16.7. The summed E-state index contributed by atoms with van der Waals surface area (Å²) in [7, 11) is 1.71. The summed E-state index contributed by atoms with van der Waals surface area (Å²) >= 11 is 7.44. The van der Waals surface area contributed by atoms with Gasteiger partial charge in [-0.25, -0.2) is 9.37 Å². The molecule has 118 valence electrons. The monoisotopic (exact) mass is 340 g/mol. The second kappa shape index (κ2) is 7.56. The minimum absolute atomic E-state index is 0.123. The molecule has 0 saturated heterocycles. The van der Waals surface area contributed by atoms with Crippen LogP contribution in [0.1, 0.15) is 21.1 Å². The van der Waals surface area contributed by atoms with E-state index in [-0.39, 0.29) is 5.02 Å². The molecule has 1 aromatic carbocycles. The van der Waals surface area contributed by atoms with Crippen LogP contribution in [0.15, 0.2) is 23.2 Å². The summed E-state index contributed by atoms with van der Waals surface area (Å²) in [5, 5.41) is 7.59. The maximum absolute atomic E-state index is 13.1. The number of aliphatic imine (C=N–C) groups is 1. The summed E-state index contributed by atoms with van der Waals surface area (Å²) in [5.41, 5.74) is 1.93. The normalized spacial score (nSPS) is 11.6. The Hall–Kier alpha value is -1.66. The van der Waals surface area contributed by atoms with Gasteiger partial charge in [-0.05, 0) is 31.5 Å². The number of hydrogen-bond donors (Lipinski definition) is 2. The molecule has 0 amide bonds. The van der Waals surface area contributed by atoms with E-state index in [1.807, 2.05) is 13.8 Å². The number of aryl methyl sites for hydroxylation is 2. The molecule has 2 rings (SSSR count). The van der Waals surface area contributed by atoms with Gasteiger partial charge >= 0.3 is 0 Å². The third-order valence-corrected chi connectivity index (χ3v) is 4.45. The van der Waals surface area contributed by atoms with Gasteiger partial charge in [0.05, 0.1) is 22.3 Å². The van der Waals surface area contributed by atoms with Crippen molar-refractivity contribution in [2.24, 2.45) is 4.99 Å². The first-order chi connectivity index (χ1) is 10.5. The van der Waals surface area contributed by atoms with Crippen molar-refractivity contribution < 1.29 is 4.39 Å². The molecule has 0 spiro atoms. The Morgan fingerprint density at radius 1 is 1.32 bits per heavy atom. The molecular formula is C15H18ClFN4S. The molecule has 0 atom stereocenters. The van der Waals surface area contributed by atoms with E-state index in [1.165, 1.54) is 10.9 Å². The number of halogens is 2. The summed E-state index contributed by atoms with van der Waals surface area (Å²) < 4.78 is 13.1. The van der Waals surface area contributed by atoms with Gasteiger partial charge in [0.1, 0.15) is 5.82 Å². The van der Waals surface area contributed by atoms with Gasteiger partial charge in [0.2, 0.25) is 0 Å². The van der Waals surface area contributed by atoms with Gasteiger partial charge in [-0.2, -0.15) is 0 Å². The van der Waals surface area contributed by atoms with E-state index >= 15 is 0 Å². The molecule has 0 bridgehead atoms. The Bertz CT molecular complexity index is 684. The summed E-state index contributed by atoms with van der Waals surface area (Å²) in [6.45, 7) is 5.17. The van der Waals surface area contributed by atoms with Crippen molar-refractivity contribution in [3.63, 3.8) is 0 Å². The minimum Gasteiger partial charge on any atom is -0.352 e. The topological polar surface area (TPSA) is 49.3 Å². The Kier molecular flexibility index (Phi) is 5.74. The van der Waals surface area contributed by atoms with Gasteiger partial charge in [-0.15, -0.1) is 11.3 Å². The molecule has 7 heteroatoms. The van der Waals surface area contributed by atoms with Gasteiger partial charge in [0.25, 0.3) is 0 Å². The quantitative estimate of drug-likeness (QED) is 0.662. The van der Waals surface area contributed by atoms with Crippen LogP contribution in [0.3, 0.4) is 0 Å². The van der Waals surface area contributed by atoms with Crippen LogP contribution in [-0.2, 0) is 13.1 Å². The Morgan fingerprint density at radius 3 is 2.64 bits per heavy atom. The van der Waals surface area contributed by atoms with Crippen LogP contribution in [0.25, 0.3) is 0 Å². The zero-order chi connectivity index (χ0) is 16.1. The molecule has 0 aliphatic rings. The van der Waals surface area contributed by atoms with Crippen molar-refractivity contribution in [1.29, 1.82) is 0 Å². The van der Waals surface area contributed by atoms with Gasteiger partial charge in [-0.1, -0.05) is 17.7 Å². The lowest BCUT2D eigenvalue weighted by Crippen LogP contribution is -2.36. The number of thiazole rings is 1. The number of aromatic nitrogens is 1. The summed E-state index contributed by atoms with van der Waals surface area (Å²) in [6.07, 6.45) is 0. The Balaban J connectivity index is 1.90. The maximum Gasteiger partial charge on any atom is 0.191 e. The predicted octanol–water partition coefficient (Wildman–Crippen LogP) is 3.42. The number of rotatable bonds is 4. The second-order valence-corrected chi connectivity index (χ2v) is 6.46. The Morgan fingerprint density at radius 2 is 2.05 bits per heavy atom. The van der Waals surface area contributed by atoms with Crippen molar-refractivity contribution >= 4 is 28.9 Å². The number of guanidine groups is 1. The summed E-state index contributed by atoms with van der Waals surface area (Å²) in [5.74, 6) is 0.259. The third kappa shape index (κ3) is 4.42. The fourth-order valence-electron chi connectivity index (χ4n) is 1.96. The van der Waals surface area contributed by atoms with Crippen molar-refractivity contribution in [1.82, 2.24) is 15.6 Å². The highest BCUT2D eigenvalue weighted by Gasteiger charge is 2.06. The SMILES string of the molecule is CN=C(NCc1ccc(F)c(Cl)c1)NCc1sc(C)nc1C. The first-order valence-electron chi connectivity index (χ1n) is 6.81. The molecule has 22 heavy (non-hydrogen) atoms. The molecule has 0 aliphatic carbocycles. The fraction of sp³-hybridized carbons (Fsp3) is 0.333. The molecule has 0 aliphatic heterocycles. The molecule has 4 nitrogen and oxygen atoms in total. The van der Waals surface area contributed by atoms with Crippen LogP contribution in [0.4, 0.5) is 4.39 Å². The third-order valence-electron chi connectivity index (χ3n) is 3.08. The van der Waals surface area contributed by atoms with E-state index in [0.717, 1.165) is 16.3 Å². The van der Waals surface area contributed by atoms with Crippen LogP contribution < -0.4 is 10.6 Å². The van der Waals surface area contributed by atoms with Gasteiger partial charge in [0.15, 0.2) is 5.96 Å². The average Bonchev–Trinajstić information content (AvgIpc) is 2.81. The van der Waals surface area contributed by atoms with Gasteiger partial charge in [0, 0.05) is 18.5 Å². The zero-order valence-corrected chi connectivity index (χ0v) is 14.3. The average molecular weight is 341 g/mol. The second-order valence-electron chi connectivity index (χ2n) is 4.77. The van der Waals surface area contributed by atoms with Gasteiger partial charge in [-0.3, -0.25) is 4.99 Å². The molecular weight excluding hydrogens is 323 g/mol. The lowest BCUT2D eigenvalue weighted by molar-refractivity contribution is 0.627. The summed E-state index contributed by atoms with van der Waals surface area (Å²) in [6, 6.07) is 4.66. The highest BCUT2D eigenvalue weighted by Crippen LogP contribution is 2.17. The Labute approximate surface area is 138 Å². The molecule has 1 aromatic heterocycles. The fourth-order valence-corrected chi connectivity index (χ4v) is 3.04. The van der Waals surface area contributed by atoms with Crippen molar-refractivity contribution in [3.05, 3.63) is 50.2 Å². The molecule has 0 unspecified atom stereocenters. The van der Waals surface area contributed by atoms with E-state index in [9.17, 15) is 4.39 Å². The standard InChI is InChI=1S/C15H18ClFN4S/c1-9-14(22-10(2)21-9)8-20-15(18-3)19-7-11-4-5-13(17)12(16)6-11/h4-6H,7-8H2,1-3H3,(H2,18,19,20). The lowest BCUT2D eigenvalue weighted by atomic mass is 10.2. The van der Waals surface area contributed by atoms with Crippen LogP contribution in [0.5, 0.6) is 0 Å². The van der Waals surface area contributed by atoms with Crippen LogP contribution >= 0.6 is 22.9 Å². The van der Waals surface area contributed by atoms with Crippen LogP contribution in [0, 0.1) is 19.7 Å². The smallest absolute Gasteiger partial charge is 0.191 e. The van der Waals surface area contributed by atoms with Crippen LogP contribution in [0.2, 0.25) is 5.02 Å². The van der Waals surface area contributed by atoms with Crippen LogP contribution in [-0.4, -0.2) is 18.0 Å². The van der Waals surface area contributed by atoms with E-state index in [0.29, 0.717) is 19.0 Å². The lowest BCUT2D eigenvalue weighted by Gasteiger charge is -2.11. The number of hydrogen-bond acceptors (Lipinski definition) is 3. The molecule has 2 aromatic rings. The van der Waals surface area contributed by atoms with Crippen molar-refractivity contribution in [2.75, 3.05) is 7.05 Å². The highest BCUT2D eigenvalue weighted by molar-refractivity contribution is 7.11. The molecule has 0 radical (unpaired) electrons. The summed E-state index contributed by atoms with van der Waals surface area (Å²) in [4.78, 5) is 9.75. The van der Waals surface area contributed by atoms with E-state index in [1.54, 1.807) is 30.5 Å². The molecule has 1 heterocycles. The minimum atomic E-state index is -0.413. The van der Waals surface area contributed by atoms with E-state index in [4.69, 9.17) is 11.6 Å².